The van der Waals surface area contributed by atoms with Gasteiger partial charge in [0.25, 0.3) is 0 Å². The lowest BCUT2D eigenvalue weighted by Gasteiger charge is -2.91. The molecule has 23 fully saturated rings. The van der Waals surface area contributed by atoms with Crippen molar-refractivity contribution in [1.29, 1.82) is 0 Å². The Kier molecular flexibility index (Phi) is 18.5. The lowest BCUT2D eigenvalue weighted by Crippen LogP contribution is -2.87. The molecular weight excluding hydrogens is 1710 g/mol. The van der Waals surface area contributed by atoms with E-state index in [-0.39, 0.29) is 22.8 Å². The van der Waals surface area contributed by atoms with Crippen LogP contribution in [0, 0.1) is 249 Å². The van der Waals surface area contributed by atoms with Crippen molar-refractivity contribution in [3.05, 3.63) is 286 Å². The Bertz CT molecular complexity index is 6480. The first-order valence-electron chi connectivity index (χ1n) is 57.6. The summed E-state index contributed by atoms with van der Waals surface area (Å²) in [7, 11) is 0. The molecule has 140 heavy (non-hydrogen) atoms. The third kappa shape index (κ3) is 11.4. The highest BCUT2D eigenvalue weighted by atomic mass is 16.5. The summed E-state index contributed by atoms with van der Waals surface area (Å²) in [6, 6.07) is 84.2. The van der Waals surface area contributed by atoms with Crippen LogP contribution in [0.1, 0.15) is 206 Å². The van der Waals surface area contributed by atoms with Crippen molar-refractivity contribution in [2.75, 3.05) is 13.2 Å². The van der Waals surface area contributed by atoms with Crippen LogP contribution in [-0.2, 0) is 59.6 Å². The highest BCUT2D eigenvalue weighted by molar-refractivity contribution is 5.92. The topological polar surface area (TPSA) is 89.5 Å². The molecule has 0 aliphatic heterocycles. The summed E-state index contributed by atoms with van der Waals surface area (Å²) >= 11 is 0. The largest absolute Gasteiger partial charge is 0.489 e. The normalized spacial score (nSPS) is 44.7. The van der Waals surface area contributed by atoms with Crippen LogP contribution in [0.4, 0.5) is 0 Å². The summed E-state index contributed by atoms with van der Waals surface area (Å²) in [5.74, 6) is 38.6. The van der Waals surface area contributed by atoms with Gasteiger partial charge in [0.15, 0.2) is 0 Å². The molecule has 44 atom stereocenters. The summed E-state index contributed by atoms with van der Waals surface area (Å²) in [6.07, 6.45) is 34.7. The van der Waals surface area contributed by atoms with Crippen LogP contribution in [0.25, 0.3) is 21.5 Å². The lowest BCUT2D eigenvalue weighted by molar-refractivity contribution is -0.425. The molecule has 716 valence electrons. The van der Waals surface area contributed by atoms with E-state index in [4.69, 9.17) is 28.4 Å². The Labute approximate surface area is 828 Å². The van der Waals surface area contributed by atoms with Gasteiger partial charge in [-0.1, -0.05) is 245 Å². The van der Waals surface area contributed by atoms with Crippen molar-refractivity contribution in [2.45, 2.75) is 191 Å². The first kappa shape index (κ1) is 83.2. The average Bonchev–Trinajstić information content (AvgIpc) is 0.611. The van der Waals surface area contributed by atoms with E-state index in [1.54, 1.807) is 61.3 Å². The predicted octanol–water partition coefficient (Wildman–Crippen LogP) is 28.1. The first-order chi connectivity index (χ1) is 69.2. The van der Waals surface area contributed by atoms with Gasteiger partial charge < -0.3 is 28.4 Å². The fraction of sp³-hybridized carbons (Fsp3) is 0.561. The number of rotatable bonds is 22. The summed E-state index contributed by atoms with van der Waals surface area (Å²) in [5.41, 5.74) is 11.9. The van der Waals surface area contributed by atoms with E-state index in [0.29, 0.717) is 98.4 Å². The minimum absolute atomic E-state index is 0.0987. The van der Waals surface area contributed by atoms with E-state index in [9.17, 15) is 0 Å². The van der Waals surface area contributed by atoms with E-state index in [1.807, 2.05) is 66.2 Å². The van der Waals surface area contributed by atoms with Crippen LogP contribution in [0.3, 0.4) is 0 Å². The molecule has 0 saturated heterocycles. The van der Waals surface area contributed by atoms with Crippen molar-refractivity contribution in [2.24, 2.45) is 249 Å². The maximum atomic E-state index is 15.3. The van der Waals surface area contributed by atoms with E-state index < -0.39 is 0 Å². The number of hydrogen-bond donors (Lipinski definition) is 0. The van der Waals surface area contributed by atoms with E-state index in [0.717, 1.165) is 259 Å². The van der Waals surface area contributed by atoms with Crippen molar-refractivity contribution in [1.82, 2.24) is 0 Å². The van der Waals surface area contributed by atoms with Crippen LogP contribution < -0.4 is 18.9 Å². The number of benzene rings is 10. The first-order valence-corrected chi connectivity index (χ1v) is 57.6. The second-order valence-corrected chi connectivity index (χ2v) is 52.3. The summed E-state index contributed by atoms with van der Waals surface area (Å²) in [4.78, 5) is 30.4. The van der Waals surface area contributed by atoms with E-state index in [1.165, 1.54) is 118 Å². The second-order valence-electron chi connectivity index (χ2n) is 52.3. The fourth-order valence-electron chi connectivity index (χ4n) is 47.9. The molecule has 23 aliphatic carbocycles. The molecule has 0 radical (unpaired) electrons. The number of hydrogen-bond acceptors (Lipinski definition) is 8. The number of carbonyl (C=O) groups excluding carboxylic acids is 2. The van der Waals surface area contributed by atoms with Gasteiger partial charge in [0.2, 0.25) is 0 Å². The van der Waals surface area contributed by atoms with Gasteiger partial charge >= 0.3 is 11.9 Å². The maximum Gasteiger partial charge on any atom is 0.338 e. The minimum Gasteiger partial charge on any atom is -0.489 e. The number of carbonyl (C=O) groups is 2. The molecule has 0 bridgehead atoms. The van der Waals surface area contributed by atoms with Gasteiger partial charge in [-0.25, -0.2) is 9.59 Å². The molecule has 0 heterocycles. The summed E-state index contributed by atoms with van der Waals surface area (Å²) in [5, 5.41) is 6.12. The molecule has 0 amide bonds. The van der Waals surface area contributed by atoms with Gasteiger partial charge in [-0.3, -0.25) is 0 Å². The SMILES string of the molecule is O=C(OCCc1cc(C23CCCC4CC5CC6CC7CCCC8C9CCC%10C%11CCCC%12CC%13CC%14CC%15CCCC%16C%17CCC2C2C%17C%17C(C%15%16)C%14C%14C%15C%17C%16C%17C(C6C(C78)C6C9C%10C(C%15C6%17)C(C%12%11)C%13%14c6cc(CCOC(=O)c7cc(OCc8ccccc8)cc(OCc8ccccc8)c7)cc7ccccc67)C5C(C%162)C43)c2ccccc2c1)c1cc(OCc2ccccc2)cc(OCc2ccccc2)c1. The fourth-order valence-corrected chi connectivity index (χ4v) is 47.9. The van der Waals surface area contributed by atoms with Crippen LogP contribution in [0.5, 0.6) is 23.0 Å². The zero-order valence-corrected chi connectivity index (χ0v) is 81.7. The smallest absolute Gasteiger partial charge is 0.338 e. The third-order valence-corrected chi connectivity index (χ3v) is 49.0. The minimum atomic E-state index is -0.319. The van der Waals surface area contributed by atoms with E-state index >= 15 is 9.59 Å². The summed E-state index contributed by atoms with van der Waals surface area (Å²) in [6.45, 7) is 2.20. The van der Waals surface area contributed by atoms with Crippen LogP contribution in [0.15, 0.2) is 231 Å². The van der Waals surface area contributed by atoms with Crippen molar-refractivity contribution in [3.63, 3.8) is 0 Å². The Balaban J connectivity index is 0.548. The molecule has 10 aromatic rings. The van der Waals surface area contributed by atoms with Gasteiger partial charge in [-0.05, 0) is 429 Å². The lowest BCUT2D eigenvalue weighted by atomic mass is 9.14. The van der Waals surface area contributed by atoms with Gasteiger partial charge in [-0.2, -0.15) is 0 Å². The van der Waals surface area contributed by atoms with Crippen LogP contribution in [0.2, 0.25) is 0 Å². The molecule has 0 aromatic heterocycles. The summed E-state index contributed by atoms with van der Waals surface area (Å²) < 4.78 is 39.7. The molecule has 8 heteroatoms. The molecule has 8 nitrogen and oxygen atoms in total. The second kappa shape index (κ2) is 31.2. The quantitative estimate of drug-likeness (QED) is 0.0620. The van der Waals surface area contributed by atoms with Crippen molar-refractivity contribution < 1.29 is 38.0 Å². The Hall–Kier alpha value is -9.14. The Morgan fingerprint density at radius 1 is 0.264 bits per heavy atom. The van der Waals surface area contributed by atoms with E-state index in [2.05, 4.69) is 170 Å². The monoisotopic (exact) mass is 1850 g/mol. The van der Waals surface area contributed by atoms with Gasteiger partial charge in [0, 0.05) is 35.8 Å². The molecule has 0 N–H and O–H groups in total. The van der Waals surface area contributed by atoms with Crippen molar-refractivity contribution in [3.8, 4) is 23.0 Å². The van der Waals surface area contributed by atoms with Gasteiger partial charge in [0.05, 0.1) is 24.3 Å². The molecule has 44 unspecified atom stereocenters. The zero-order chi connectivity index (χ0) is 91.1. The zero-order valence-electron chi connectivity index (χ0n) is 81.7. The number of fused-ring (bicyclic) bond motifs is 6. The Morgan fingerprint density at radius 2 is 0.621 bits per heavy atom. The molecule has 23 aliphatic rings. The molecule has 0 spiro atoms. The van der Waals surface area contributed by atoms with Gasteiger partial charge in [-0.15, -0.1) is 0 Å². The van der Waals surface area contributed by atoms with Crippen molar-refractivity contribution >= 4 is 33.5 Å². The average molecular weight is 1850 g/mol. The Morgan fingerprint density at radius 3 is 1.16 bits per heavy atom. The van der Waals surface area contributed by atoms with Gasteiger partial charge in [0.1, 0.15) is 49.4 Å². The molecule has 10 aromatic carbocycles. The number of ether oxygens (including phenoxy) is 6. The predicted molar refractivity (Wildman–Crippen MR) is 543 cm³/mol. The highest BCUT2D eigenvalue weighted by Crippen LogP contribution is 2.94. The third-order valence-electron chi connectivity index (χ3n) is 49.0. The maximum absolute atomic E-state index is 15.3. The molecule has 23 saturated carbocycles. The highest BCUT2D eigenvalue weighted by Gasteiger charge is 2.90. The molecular formula is C132H140O8. The number of esters is 2. The van der Waals surface area contributed by atoms with Crippen LogP contribution >= 0.6 is 0 Å². The molecule has 33 rings (SSSR count). The standard InChI is InChI=1S/C132H140O8/c133-129(84-59-87(137-65-69-21-5-1-6-22-69)63-88(60-84)138-66-70-23-7-2-8-24-70)135-47-44-73-49-75-29-13-15-35-91(75)100(51-73)131-46-20-34-80-55-82-56-81-53-77-31-17-37-93-96-40-41-97-95-39-19-33-79-57-86-58-83-54-78-32-18-38-94-98-42-43-99(131)111-110(98)116-113(103(78)94)107(83)128-125-121(116)120-117(111)123(126(80)131)106(82)114-105(81)112(102(77)93)115-108(96)109(97)124(122(125)119(115)118(114)120)127(104(79)95)132(86,128)101-52-74(50-76-30-14-16-36-92(76)101)45-48-136-130(134)85-61-89(139-67-71-25-9-3-10-26-71)64-90(62-85)140-68-72-27-11-4-12-28-72/h1-16,21-30,35-36,49-52,59-64,77-83,86,93-99,102-128H,17-20,31-34,37-48,53-58,65-68H2. The van der Waals surface area contributed by atoms with Crippen LogP contribution in [-0.4, -0.2) is 25.2 Å².